The highest BCUT2D eigenvalue weighted by molar-refractivity contribution is 9.10. The van der Waals surface area contributed by atoms with E-state index in [2.05, 4.69) is 31.2 Å². The van der Waals surface area contributed by atoms with Gasteiger partial charge in [-0.25, -0.2) is 4.98 Å². The van der Waals surface area contributed by atoms with Crippen molar-refractivity contribution >= 4 is 27.5 Å². The number of halogens is 2. The Bertz CT molecular complexity index is 578. The molecule has 0 spiro atoms. The molecule has 0 radical (unpaired) electrons. The number of benzene rings is 1. The second-order valence-corrected chi connectivity index (χ2v) is 6.17. The fourth-order valence-corrected chi connectivity index (χ4v) is 2.79. The standard InChI is InChI=1S/C14H15BrClN3/c15-9-1-4-11(12(16)7-9)13-8-18-14(19-13)5-6-17-10-2-3-10/h1,4,7-8,10,17H,2-3,5-6H2,(H,18,19). The number of aromatic nitrogens is 2. The van der Waals surface area contributed by atoms with Crippen molar-refractivity contribution in [1.82, 2.24) is 15.3 Å². The van der Waals surface area contributed by atoms with Crippen molar-refractivity contribution in [2.24, 2.45) is 0 Å². The van der Waals surface area contributed by atoms with Gasteiger partial charge in [0.2, 0.25) is 0 Å². The van der Waals surface area contributed by atoms with Gasteiger partial charge >= 0.3 is 0 Å². The van der Waals surface area contributed by atoms with Crippen LogP contribution in [0.3, 0.4) is 0 Å². The molecule has 1 aromatic carbocycles. The van der Waals surface area contributed by atoms with Crippen molar-refractivity contribution in [3.63, 3.8) is 0 Å². The molecule has 3 rings (SSSR count). The zero-order chi connectivity index (χ0) is 13.2. The third kappa shape index (κ3) is 3.38. The minimum absolute atomic E-state index is 0.723. The molecule has 2 N–H and O–H groups in total. The molecule has 0 atom stereocenters. The molecular formula is C14H15BrClN3. The fraction of sp³-hybridized carbons (Fsp3) is 0.357. The van der Waals surface area contributed by atoms with Gasteiger partial charge in [0.15, 0.2) is 0 Å². The van der Waals surface area contributed by atoms with Gasteiger partial charge in [-0.3, -0.25) is 0 Å². The van der Waals surface area contributed by atoms with Gasteiger partial charge in [0.25, 0.3) is 0 Å². The van der Waals surface area contributed by atoms with Crippen LogP contribution in [0, 0.1) is 0 Å². The van der Waals surface area contributed by atoms with Gasteiger partial charge < -0.3 is 10.3 Å². The molecule has 1 aliphatic carbocycles. The highest BCUT2D eigenvalue weighted by atomic mass is 79.9. The average Bonchev–Trinajstić information content (AvgIpc) is 3.07. The lowest BCUT2D eigenvalue weighted by molar-refractivity contribution is 0.669. The third-order valence-electron chi connectivity index (χ3n) is 3.22. The molecule has 0 aliphatic heterocycles. The van der Waals surface area contributed by atoms with E-state index in [0.29, 0.717) is 0 Å². The molecule has 1 aliphatic rings. The van der Waals surface area contributed by atoms with E-state index in [1.807, 2.05) is 24.4 Å². The van der Waals surface area contributed by atoms with Gasteiger partial charge in [0.05, 0.1) is 16.9 Å². The zero-order valence-electron chi connectivity index (χ0n) is 10.4. The van der Waals surface area contributed by atoms with Crippen LogP contribution >= 0.6 is 27.5 Å². The van der Waals surface area contributed by atoms with Crippen molar-refractivity contribution in [3.8, 4) is 11.3 Å². The lowest BCUT2D eigenvalue weighted by atomic mass is 10.2. The second-order valence-electron chi connectivity index (χ2n) is 4.85. The van der Waals surface area contributed by atoms with Gasteiger partial charge in [-0.15, -0.1) is 0 Å². The summed E-state index contributed by atoms with van der Waals surface area (Å²) < 4.78 is 0.981. The van der Waals surface area contributed by atoms with Crippen LogP contribution in [-0.4, -0.2) is 22.6 Å². The van der Waals surface area contributed by atoms with Crippen LogP contribution in [0.5, 0.6) is 0 Å². The van der Waals surface area contributed by atoms with E-state index in [1.54, 1.807) is 0 Å². The van der Waals surface area contributed by atoms with Crippen LogP contribution in [0.15, 0.2) is 28.9 Å². The Morgan fingerprint density at radius 2 is 2.26 bits per heavy atom. The van der Waals surface area contributed by atoms with E-state index in [-0.39, 0.29) is 0 Å². The molecule has 100 valence electrons. The molecular weight excluding hydrogens is 326 g/mol. The average molecular weight is 341 g/mol. The van der Waals surface area contributed by atoms with Crippen molar-refractivity contribution in [3.05, 3.63) is 39.7 Å². The predicted octanol–water partition coefficient (Wildman–Crippen LogP) is 3.79. The minimum Gasteiger partial charge on any atom is -0.342 e. The highest BCUT2D eigenvalue weighted by Gasteiger charge is 2.19. The van der Waals surface area contributed by atoms with E-state index in [1.165, 1.54) is 12.8 Å². The zero-order valence-corrected chi connectivity index (χ0v) is 12.8. The summed E-state index contributed by atoms with van der Waals surface area (Å²) in [7, 11) is 0. The maximum Gasteiger partial charge on any atom is 0.107 e. The molecule has 0 unspecified atom stereocenters. The normalized spacial score (nSPS) is 14.8. The number of hydrogen-bond donors (Lipinski definition) is 2. The van der Waals surface area contributed by atoms with Crippen LogP contribution < -0.4 is 5.32 Å². The van der Waals surface area contributed by atoms with E-state index >= 15 is 0 Å². The molecule has 0 bridgehead atoms. The first-order chi connectivity index (χ1) is 9.22. The molecule has 1 aromatic heterocycles. The van der Waals surface area contributed by atoms with Gasteiger partial charge in [-0.1, -0.05) is 33.6 Å². The van der Waals surface area contributed by atoms with Crippen LogP contribution in [0.1, 0.15) is 18.7 Å². The monoisotopic (exact) mass is 339 g/mol. The smallest absolute Gasteiger partial charge is 0.107 e. The maximum atomic E-state index is 6.24. The maximum absolute atomic E-state index is 6.24. The van der Waals surface area contributed by atoms with Crippen LogP contribution in [0.4, 0.5) is 0 Å². The van der Waals surface area contributed by atoms with Gasteiger partial charge in [0, 0.05) is 29.0 Å². The van der Waals surface area contributed by atoms with Crippen LogP contribution in [0.2, 0.25) is 5.02 Å². The lowest BCUT2D eigenvalue weighted by Crippen LogP contribution is -2.19. The highest BCUT2D eigenvalue weighted by Crippen LogP contribution is 2.29. The van der Waals surface area contributed by atoms with Gasteiger partial charge in [0.1, 0.15) is 5.82 Å². The van der Waals surface area contributed by atoms with E-state index < -0.39 is 0 Å². The minimum atomic E-state index is 0.723. The summed E-state index contributed by atoms with van der Waals surface area (Å²) in [6.45, 7) is 0.978. The number of aromatic amines is 1. The summed E-state index contributed by atoms with van der Waals surface area (Å²) in [6, 6.07) is 6.62. The number of nitrogens with zero attached hydrogens (tertiary/aromatic N) is 1. The molecule has 0 saturated heterocycles. The number of imidazole rings is 1. The Labute approximate surface area is 125 Å². The summed E-state index contributed by atoms with van der Waals surface area (Å²) in [6.07, 6.45) is 5.40. The van der Waals surface area contributed by atoms with Crippen LogP contribution in [-0.2, 0) is 6.42 Å². The molecule has 3 nitrogen and oxygen atoms in total. The van der Waals surface area contributed by atoms with Crippen molar-refractivity contribution in [2.45, 2.75) is 25.3 Å². The molecule has 0 amide bonds. The predicted molar refractivity (Wildman–Crippen MR) is 81.5 cm³/mol. The molecule has 1 fully saturated rings. The number of nitrogens with one attached hydrogen (secondary N) is 2. The first-order valence-electron chi connectivity index (χ1n) is 6.45. The summed E-state index contributed by atoms with van der Waals surface area (Å²) in [5.74, 6) is 1.00. The number of rotatable bonds is 5. The Morgan fingerprint density at radius 3 is 3.00 bits per heavy atom. The Kier molecular flexibility index (Phi) is 3.91. The topological polar surface area (TPSA) is 40.7 Å². The van der Waals surface area contributed by atoms with Gasteiger partial charge in [-0.2, -0.15) is 0 Å². The second kappa shape index (κ2) is 5.65. The first-order valence-corrected chi connectivity index (χ1v) is 7.62. The van der Waals surface area contributed by atoms with Crippen LogP contribution in [0.25, 0.3) is 11.3 Å². The Morgan fingerprint density at radius 1 is 1.42 bits per heavy atom. The quantitative estimate of drug-likeness (QED) is 0.869. The first kappa shape index (κ1) is 13.2. The van der Waals surface area contributed by atoms with Crippen molar-refractivity contribution in [1.29, 1.82) is 0 Å². The Hall–Kier alpha value is -0.840. The Balaban J connectivity index is 1.68. The molecule has 1 heterocycles. The third-order valence-corrected chi connectivity index (χ3v) is 4.03. The van der Waals surface area contributed by atoms with Crippen molar-refractivity contribution < 1.29 is 0 Å². The molecule has 19 heavy (non-hydrogen) atoms. The summed E-state index contributed by atoms with van der Waals surface area (Å²) in [5, 5.41) is 4.20. The van der Waals surface area contributed by atoms with E-state index in [9.17, 15) is 0 Å². The molecule has 1 saturated carbocycles. The number of hydrogen-bond acceptors (Lipinski definition) is 2. The van der Waals surface area contributed by atoms with Gasteiger partial charge in [-0.05, 0) is 25.0 Å². The molecule has 5 heteroatoms. The summed E-state index contributed by atoms with van der Waals surface area (Å²) in [5.41, 5.74) is 1.96. The van der Waals surface area contributed by atoms with E-state index in [4.69, 9.17) is 11.6 Å². The summed E-state index contributed by atoms with van der Waals surface area (Å²) in [4.78, 5) is 7.74. The van der Waals surface area contributed by atoms with Crippen molar-refractivity contribution in [2.75, 3.05) is 6.54 Å². The van der Waals surface area contributed by atoms with E-state index in [0.717, 1.165) is 45.6 Å². The summed E-state index contributed by atoms with van der Waals surface area (Å²) >= 11 is 9.65. The lowest BCUT2D eigenvalue weighted by Gasteiger charge is -2.02. The fourth-order valence-electron chi connectivity index (χ4n) is 2.02. The SMILES string of the molecule is Clc1cc(Br)ccc1-c1cnc(CCNC2CC2)[nH]1. The number of H-pyrrole nitrogens is 1. The molecule has 2 aromatic rings. The largest absolute Gasteiger partial charge is 0.342 e.